The molecule has 0 bridgehead atoms. The lowest BCUT2D eigenvalue weighted by Gasteiger charge is -2.07. The third-order valence-corrected chi connectivity index (χ3v) is 4.77. The zero-order valence-electron chi connectivity index (χ0n) is 13.5. The first kappa shape index (κ1) is 17.1. The van der Waals surface area contributed by atoms with E-state index in [9.17, 15) is 4.79 Å². The highest BCUT2D eigenvalue weighted by molar-refractivity contribution is 7.18. The number of hydrogen-bond donors (Lipinski definition) is 3. The van der Waals surface area contributed by atoms with Crippen molar-refractivity contribution in [3.63, 3.8) is 0 Å². The first-order chi connectivity index (χ1) is 12.0. The second kappa shape index (κ2) is 7.04. The number of halogens is 1. The van der Waals surface area contributed by atoms with Crippen LogP contribution in [0.1, 0.15) is 15.2 Å². The molecule has 0 aliphatic carbocycles. The maximum absolute atomic E-state index is 11.9. The Morgan fingerprint density at radius 1 is 1.24 bits per heavy atom. The lowest BCUT2D eigenvalue weighted by atomic mass is 10.0. The van der Waals surface area contributed by atoms with Gasteiger partial charge in [-0.2, -0.15) is 0 Å². The molecule has 7 nitrogen and oxygen atoms in total. The summed E-state index contributed by atoms with van der Waals surface area (Å²) in [5, 5.41) is 6.99. The molecule has 0 unspecified atom stereocenters. The molecule has 0 atom stereocenters. The number of thiazole rings is 1. The van der Waals surface area contributed by atoms with Crippen LogP contribution in [-0.2, 0) is 0 Å². The second-order valence-corrected chi connectivity index (χ2v) is 6.53. The highest BCUT2D eigenvalue weighted by Gasteiger charge is 2.21. The molecule has 1 amide bonds. The van der Waals surface area contributed by atoms with Crippen LogP contribution in [0.3, 0.4) is 0 Å². The van der Waals surface area contributed by atoms with Gasteiger partial charge in [0, 0.05) is 25.0 Å². The number of anilines is 3. The van der Waals surface area contributed by atoms with Gasteiger partial charge < -0.3 is 16.4 Å². The summed E-state index contributed by atoms with van der Waals surface area (Å²) in [7, 11) is 1.74. The molecule has 3 aromatic rings. The van der Waals surface area contributed by atoms with Crippen LogP contribution in [0.4, 0.5) is 16.8 Å². The van der Waals surface area contributed by atoms with E-state index in [4.69, 9.17) is 17.3 Å². The van der Waals surface area contributed by atoms with Crippen LogP contribution in [0.25, 0.3) is 11.3 Å². The zero-order valence-corrected chi connectivity index (χ0v) is 15.1. The molecule has 0 saturated carbocycles. The number of aryl methyl sites for hydroxylation is 1. The first-order valence-corrected chi connectivity index (χ1v) is 8.52. The smallest absolute Gasteiger partial charge is 0.261 e. The number of nitrogens with two attached hydrogens (primary N) is 1. The largest absolute Gasteiger partial charge is 0.370 e. The molecule has 1 aromatic carbocycles. The molecule has 0 saturated heterocycles. The Morgan fingerprint density at radius 3 is 2.60 bits per heavy atom. The van der Waals surface area contributed by atoms with Gasteiger partial charge in [-0.15, -0.1) is 0 Å². The monoisotopic (exact) mass is 374 g/mol. The zero-order chi connectivity index (χ0) is 18.0. The number of carbonyl (C=O) groups excluding carboxylic acids is 1. The third-order valence-electron chi connectivity index (χ3n) is 3.47. The summed E-state index contributed by atoms with van der Waals surface area (Å²) in [6.45, 7) is 1.90. The number of nitrogens with one attached hydrogen (secondary N) is 2. The topological polar surface area (TPSA) is 106 Å². The third kappa shape index (κ3) is 3.40. The van der Waals surface area contributed by atoms with Crippen molar-refractivity contribution < 1.29 is 4.79 Å². The number of amides is 1. The SMILES string of the molecule is CNc1nccnc1Nc1nc(-c2c(C)cccc2Cl)c(C(N)=O)s1. The van der Waals surface area contributed by atoms with Gasteiger partial charge in [0.25, 0.3) is 5.91 Å². The first-order valence-electron chi connectivity index (χ1n) is 7.33. The van der Waals surface area contributed by atoms with Gasteiger partial charge in [-0.3, -0.25) is 4.79 Å². The molecular weight excluding hydrogens is 360 g/mol. The standard InChI is InChI=1S/C16H15ClN6OS/c1-8-4-3-5-9(17)10(8)11-12(13(18)24)25-16(22-11)23-15-14(19-2)20-6-7-21-15/h3-7H,1-2H3,(H2,18,24)(H,19,20)(H,21,22,23). The van der Waals surface area contributed by atoms with Crippen LogP contribution in [-0.4, -0.2) is 27.9 Å². The minimum atomic E-state index is -0.562. The summed E-state index contributed by atoms with van der Waals surface area (Å²) in [4.78, 5) is 25.1. The van der Waals surface area contributed by atoms with E-state index in [1.54, 1.807) is 25.5 Å². The summed E-state index contributed by atoms with van der Waals surface area (Å²) in [5.74, 6) is 0.499. The van der Waals surface area contributed by atoms with Gasteiger partial charge in [0.05, 0.1) is 10.7 Å². The summed E-state index contributed by atoms with van der Waals surface area (Å²) in [6, 6.07) is 5.50. The van der Waals surface area contributed by atoms with Crippen molar-refractivity contribution in [2.24, 2.45) is 5.73 Å². The maximum Gasteiger partial charge on any atom is 0.261 e. The minimum Gasteiger partial charge on any atom is -0.370 e. The average Bonchev–Trinajstić information content (AvgIpc) is 2.99. The van der Waals surface area contributed by atoms with Gasteiger partial charge >= 0.3 is 0 Å². The molecule has 0 aliphatic heterocycles. The van der Waals surface area contributed by atoms with Crippen molar-refractivity contribution in [3.8, 4) is 11.3 Å². The number of rotatable bonds is 5. The van der Waals surface area contributed by atoms with Crippen molar-refractivity contribution in [1.82, 2.24) is 15.0 Å². The van der Waals surface area contributed by atoms with Crippen LogP contribution >= 0.6 is 22.9 Å². The fraction of sp³-hybridized carbons (Fsp3) is 0.125. The number of nitrogens with zero attached hydrogens (tertiary/aromatic N) is 3. The lowest BCUT2D eigenvalue weighted by Crippen LogP contribution is -2.10. The van der Waals surface area contributed by atoms with Gasteiger partial charge in [-0.1, -0.05) is 35.1 Å². The van der Waals surface area contributed by atoms with Crippen molar-refractivity contribution >= 4 is 45.6 Å². The minimum absolute atomic E-state index is 0.327. The van der Waals surface area contributed by atoms with Crippen molar-refractivity contribution in [2.45, 2.75) is 6.92 Å². The molecule has 128 valence electrons. The molecule has 2 aromatic heterocycles. The Hall–Kier alpha value is -2.71. The lowest BCUT2D eigenvalue weighted by molar-refractivity contribution is 0.100. The summed E-state index contributed by atoms with van der Waals surface area (Å²) in [6.07, 6.45) is 3.14. The molecule has 0 fully saturated rings. The quantitative estimate of drug-likeness (QED) is 0.631. The van der Waals surface area contributed by atoms with E-state index in [-0.39, 0.29) is 0 Å². The molecule has 3 rings (SSSR count). The summed E-state index contributed by atoms with van der Waals surface area (Å²) >= 11 is 7.46. The molecule has 0 spiro atoms. The highest BCUT2D eigenvalue weighted by atomic mass is 35.5. The molecule has 2 heterocycles. The second-order valence-electron chi connectivity index (χ2n) is 5.12. The van der Waals surface area contributed by atoms with E-state index in [0.717, 1.165) is 16.9 Å². The number of carbonyl (C=O) groups is 1. The van der Waals surface area contributed by atoms with E-state index in [1.165, 1.54) is 0 Å². The van der Waals surface area contributed by atoms with Crippen molar-refractivity contribution in [3.05, 3.63) is 46.1 Å². The summed E-state index contributed by atoms with van der Waals surface area (Å²) in [5.41, 5.74) is 7.59. The van der Waals surface area contributed by atoms with Crippen LogP contribution in [0, 0.1) is 6.92 Å². The van der Waals surface area contributed by atoms with E-state index in [0.29, 0.717) is 37.9 Å². The van der Waals surface area contributed by atoms with Gasteiger partial charge in [0.15, 0.2) is 16.8 Å². The molecule has 0 aliphatic rings. The molecule has 4 N–H and O–H groups in total. The van der Waals surface area contributed by atoms with Crippen molar-refractivity contribution in [1.29, 1.82) is 0 Å². The highest BCUT2D eigenvalue weighted by Crippen LogP contribution is 2.37. The number of benzene rings is 1. The van der Waals surface area contributed by atoms with Crippen LogP contribution in [0.2, 0.25) is 5.02 Å². The number of hydrogen-bond acceptors (Lipinski definition) is 7. The van der Waals surface area contributed by atoms with Gasteiger partial charge in [-0.05, 0) is 18.6 Å². The van der Waals surface area contributed by atoms with Crippen LogP contribution in [0.15, 0.2) is 30.6 Å². The fourth-order valence-corrected chi connectivity index (χ4v) is 3.49. The number of aromatic nitrogens is 3. The Labute approximate surface area is 153 Å². The van der Waals surface area contributed by atoms with Gasteiger partial charge in [-0.25, -0.2) is 15.0 Å². The molecule has 0 radical (unpaired) electrons. The summed E-state index contributed by atoms with van der Waals surface area (Å²) < 4.78 is 0. The van der Waals surface area contributed by atoms with Gasteiger partial charge in [0.1, 0.15) is 4.88 Å². The Balaban J connectivity index is 2.08. The van der Waals surface area contributed by atoms with E-state index < -0.39 is 5.91 Å². The van der Waals surface area contributed by atoms with Gasteiger partial charge in [0.2, 0.25) is 0 Å². The predicted octanol–water partition coefficient (Wildman–Crippen LogP) is 3.45. The van der Waals surface area contributed by atoms with E-state index in [1.807, 2.05) is 19.1 Å². The maximum atomic E-state index is 11.9. The Kier molecular flexibility index (Phi) is 4.82. The average molecular weight is 375 g/mol. The molecular formula is C16H15ClN6OS. The normalized spacial score (nSPS) is 10.5. The van der Waals surface area contributed by atoms with Crippen LogP contribution in [0.5, 0.6) is 0 Å². The van der Waals surface area contributed by atoms with Crippen LogP contribution < -0.4 is 16.4 Å². The van der Waals surface area contributed by atoms with Crippen molar-refractivity contribution in [2.75, 3.05) is 17.7 Å². The molecule has 9 heteroatoms. The number of primary amides is 1. The Morgan fingerprint density at radius 2 is 1.96 bits per heavy atom. The predicted molar refractivity (Wildman–Crippen MR) is 101 cm³/mol. The molecule has 25 heavy (non-hydrogen) atoms. The van der Waals surface area contributed by atoms with E-state index in [2.05, 4.69) is 25.6 Å². The van der Waals surface area contributed by atoms with E-state index >= 15 is 0 Å². The Bertz CT molecular complexity index is 922. The fourth-order valence-electron chi connectivity index (χ4n) is 2.36.